The van der Waals surface area contributed by atoms with E-state index in [1.165, 1.54) is 11.3 Å². The molecule has 7 nitrogen and oxygen atoms in total. The second-order valence-electron chi connectivity index (χ2n) is 5.78. The normalized spacial score (nSPS) is 20.7. The maximum atomic E-state index is 13.0. The van der Waals surface area contributed by atoms with Gasteiger partial charge in [0.05, 0.1) is 12.6 Å². The summed E-state index contributed by atoms with van der Waals surface area (Å²) < 4.78 is 18.9. The van der Waals surface area contributed by atoms with Crippen molar-refractivity contribution in [3.05, 3.63) is 28.7 Å². The van der Waals surface area contributed by atoms with E-state index in [4.69, 9.17) is 14.2 Å². The summed E-state index contributed by atoms with van der Waals surface area (Å²) in [6.07, 6.45) is 4.41. The topological polar surface area (TPSA) is 65.8 Å². The molecule has 8 heteroatoms. The Morgan fingerprint density at radius 1 is 1.33 bits per heavy atom. The van der Waals surface area contributed by atoms with Crippen LogP contribution < -0.4 is 9.47 Å². The van der Waals surface area contributed by atoms with Crippen molar-refractivity contribution < 1.29 is 19.0 Å². The summed E-state index contributed by atoms with van der Waals surface area (Å²) in [5, 5.41) is 6.06. The Bertz CT molecular complexity index is 700. The summed E-state index contributed by atoms with van der Waals surface area (Å²) in [6, 6.07) is 1.88. The van der Waals surface area contributed by atoms with Crippen LogP contribution in [0.2, 0.25) is 0 Å². The zero-order chi connectivity index (χ0) is 16.4. The molecule has 1 fully saturated rings. The third-order valence-corrected chi connectivity index (χ3v) is 5.01. The van der Waals surface area contributed by atoms with Gasteiger partial charge in [0.1, 0.15) is 18.1 Å². The summed E-state index contributed by atoms with van der Waals surface area (Å²) in [5.74, 6) is 1.25. The smallest absolute Gasteiger partial charge is 0.267 e. The van der Waals surface area contributed by atoms with Crippen molar-refractivity contribution in [1.29, 1.82) is 0 Å². The van der Waals surface area contributed by atoms with Gasteiger partial charge >= 0.3 is 0 Å². The molecule has 2 aromatic heterocycles. The van der Waals surface area contributed by atoms with E-state index in [-0.39, 0.29) is 12.0 Å². The molecule has 0 aromatic carbocycles. The van der Waals surface area contributed by atoms with E-state index in [9.17, 15) is 4.79 Å². The van der Waals surface area contributed by atoms with Crippen molar-refractivity contribution in [2.45, 2.75) is 19.1 Å². The van der Waals surface area contributed by atoms with Crippen LogP contribution in [-0.2, 0) is 11.3 Å². The number of thiophene rings is 1. The largest absolute Gasteiger partial charge is 0.485 e. The van der Waals surface area contributed by atoms with Crippen LogP contribution in [0.3, 0.4) is 0 Å². The number of ether oxygens (including phenoxy) is 3. The molecular formula is C16H19N3O4S. The number of fused-ring (bicyclic) bond motifs is 1. The third kappa shape index (κ3) is 3.11. The fourth-order valence-corrected chi connectivity index (χ4v) is 3.86. The maximum absolute atomic E-state index is 13.0. The van der Waals surface area contributed by atoms with Crippen molar-refractivity contribution in [2.75, 3.05) is 32.9 Å². The lowest BCUT2D eigenvalue weighted by atomic mass is 10.2. The van der Waals surface area contributed by atoms with Gasteiger partial charge in [-0.05, 0) is 12.5 Å². The molecule has 1 saturated heterocycles. The number of rotatable bonds is 3. The van der Waals surface area contributed by atoms with Gasteiger partial charge in [0.2, 0.25) is 0 Å². The van der Waals surface area contributed by atoms with Crippen LogP contribution in [-0.4, -0.2) is 59.6 Å². The maximum Gasteiger partial charge on any atom is 0.267 e. The molecule has 0 N–H and O–H groups in total. The molecule has 4 heterocycles. The first-order valence-electron chi connectivity index (χ1n) is 8.06. The molecule has 128 valence electrons. The quantitative estimate of drug-likeness (QED) is 0.843. The molecule has 0 unspecified atom stereocenters. The first-order chi connectivity index (χ1) is 11.8. The molecule has 2 aliphatic rings. The van der Waals surface area contributed by atoms with Crippen molar-refractivity contribution in [3.8, 4) is 11.5 Å². The van der Waals surface area contributed by atoms with Gasteiger partial charge in [-0.2, -0.15) is 5.10 Å². The molecule has 2 aromatic rings. The van der Waals surface area contributed by atoms with Crippen molar-refractivity contribution in [2.24, 2.45) is 0 Å². The summed E-state index contributed by atoms with van der Waals surface area (Å²) in [4.78, 5) is 15.4. The SMILES string of the molecule is O=C(c1scc2c1OCCO2)N1CCCO[C@@H](Cn2cccn2)C1. The molecule has 0 bridgehead atoms. The van der Waals surface area contributed by atoms with Crippen LogP contribution in [0.15, 0.2) is 23.8 Å². The average Bonchev–Trinajstić information content (AvgIpc) is 3.20. The first kappa shape index (κ1) is 15.5. The number of carbonyl (C=O) groups excluding carboxylic acids is 1. The van der Waals surface area contributed by atoms with E-state index in [1.807, 2.05) is 27.2 Å². The van der Waals surface area contributed by atoms with Crippen LogP contribution >= 0.6 is 11.3 Å². The summed E-state index contributed by atoms with van der Waals surface area (Å²) in [5.41, 5.74) is 0. The lowest BCUT2D eigenvalue weighted by Gasteiger charge is -2.24. The highest BCUT2D eigenvalue weighted by molar-refractivity contribution is 7.12. The van der Waals surface area contributed by atoms with Crippen LogP contribution in [0.1, 0.15) is 16.1 Å². The zero-order valence-corrected chi connectivity index (χ0v) is 14.0. The van der Waals surface area contributed by atoms with Crippen molar-refractivity contribution in [3.63, 3.8) is 0 Å². The Morgan fingerprint density at radius 3 is 3.12 bits per heavy atom. The third-order valence-electron chi connectivity index (χ3n) is 4.08. The Labute approximate surface area is 143 Å². The summed E-state index contributed by atoms with van der Waals surface area (Å²) in [7, 11) is 0. The number of hydrogen-bond donors (Lipinski definition) is 0. The highest BCUT2D eigenvalue weighted by atomic mass is 32.1. The van der Waals surface area contributed by atoms with Crippen molar-refractivity contribution in [1.82, 2.24) is 14.7 Å². The molecule has 1 amide bonds. The molecule has 0 saturated carbocycles. The predicted octanol–water partition coefficient (Wildman–Crippen LogP) is 1.65. The van der Waals surface area contributed by atoms with Gasteiger partial charge < -0.3 is 19.1 Å². The molecule has 0 spiro atoms. The lowest BCUT2D eigenvalue weighted by molar-refractivity contribution is 0.0367. The molecule has 0 radical (unpaired) electrons. The van der Waals surface area contributed by atoms with Crippen LogP contribution in [0.4, 0.5) is 0 Å². The van der Waals surface area contributed by atoms with Gasteiger partial charge in [0, 0.05) is 37.5 Å². The molecule has 2 aliphatic heterocycles. The molecular weight excluding hydrogens is 330 g/mol. The number of aromatic nitrogens is 2. The van der Waals surface area contributed by atoms with E-state index in [0.717, 1.165) is 6.42 Å². The Balaban J connectivity index is 1.49. The fourth-order valence-electron chi connectivity index (χ4n) is 2.96. The number of nitrogens with zero attached hydrogens (tertiary/aromatic N) is 3. The van der Waals surface area contributed by atoms with Crippen molar-refractivity contribution >= 4 is 17.2 Å². The number of hydrogen-bond acceptors (Lipinski definition) is 6. The van der Waals surface area contributed by atoms with Gasteiger partial charge in [0.15, 0.2) is 11.5 Å². The summed E-state index contributed by atoms with van der Waals surface area (Å²) in [6.45, 7) is 3.53. The Kier molecular flexibility index (Phi) is 4.40. The highest BCUT2D eigenvalue weighted by Crippen LogP contribution is 2.40. The van der Waals surface area contributed by atoms with E-state index >= 15 is 0 Å². The second kappa shape index (κ2) is 6.82. The number of amides is 1. The monoisotopic (exact) mass is 349 g/mol. The van der Waals surface area contributed by atoms with E-state index < -0.39 is 0 Å². The molecule has 4 rings (SSSR count). The molecule has 24 heavy (non-hydrogen) atoms. The van der Waals surface area contributed by atoms with Gasteiger partial charge in [0.25, 0.3) is 5.91 Å². The lowest BCUT2D eigenvalue weighted by Crippen LogP contribution is -2.38. The minimum Gasteiger partial charge on any atom is -0.485 e. The van der Waals surface area contributed by atoms with Gasteiger partial charge in [-0.15, -0.1) is 11.3 Å². The van der Waals surface area contributed by atoms with Crippen LogP contribution in [0, 0.1) is 0 Å². The Hall–Kier alpha value is -2.06. The molecule has 0 aliphatic carbocycles. The van der Waals surface area contributed by atoms with E-state index in [0.29, 0.717) is 55.8 Å². The summed E-state index contributed by atoms with van der Waals surface area (Å²) >= 11 is 1.38. The predicted molar refractivity (Wildman–Crippen MR) is 87.8 cm³/mol. The molecule has 1 atom stereocenters. The van der Waals surface area contributed by atoms with Crippen LogP contribution in [0.5, 0.6) is 11.5 Å². The van der Waals surface area contributed by atoms with Gasteiger partial charge in [-0.1, -0.05) is 0 Å². The standard InChI is InChI=1S/C16H19N3O4S/c20-16(15-14-13(11-24-15)22-7-8-23-14)18-4-2-6-21-12(9-18)10-19-5-1-3-17-19/h1,3,5,11-12H,2,4,6-10H2/t12-/m1/s1. The van der Waals surface area contributed by atoms with Gasteiger partial charge in [-0.25, -0.2) is 0 Å². The highest BCUT2D eigenvalue weighted by Gasteiger charge is 2.29. The second-order valence-corrected chi connectivity index (χ2v) is 6.66. The average molecular weight is 349 g/mol. The first-order valence-corrected chi connectivity index (χ1v) is 8.94. The van der Waals surface area contributed by atoms with Crippen LogP contribution in [0.25, 0.3) is 0 Å². The minimum atomic E-state index is -0.0655. The van der Waals surface area contributed by atoms with E-state index in [1.54, 1.807) is 6.20 Å². The minimum absolute atomic E-state index is 0.0114. The fraction of sp³-hybridized carbons (Fsp3) is 0.500. The van der Waals surface area contributed by atoms with E-state index in [2.05, 4.69) is 5.10 Å². The Morgan fingerprint density at radius 2 is 2.25 bits per heavy atom. The zero-order valence-electron chi connectivity index (χ0n) is 13.2. The number of carbonyl (C=O) groups is 1. The van der Waals surface area contributed by atoms with Gasteiger partial charge in [-0.3, -0.25) is 9.48 Å².